The molecule has 2 rings (SSSR count). The molecule has 0 amide bonds. The number of benzene rings is 1. The third-order valence-corrected chi connectivity index (χ3v) is 2.90. The molecule has 8 nitrogen and oxygen atoms in total. The number of anilines is 2. The molecule has 0 atom stereocenters. The Bertz CT molecular complexity index is 709. The number of aromatic amines is 2. The van der Waals surface area contributed by atoms with Gasteiger partial charge in [0.25, 0.3) is 5.56 Å². The van der Waals surface area contributed by atoms with E-state index in [4.69, 9.17) is 10.5 Å². The zero-order valence-corrected chi connectivity index (χ0v) is 11.6. The van der Waals surface area contributed by atoms with Gasteiger partial charge >= 0.3 is 5.69 Å². The highest BCUT2D eigenvalue weighted by Gasteiger charge is 2.15. The van der Waals surface area contributed by atoms with Crippen LogP contribution in [0.25, 0.3) is 0 Å². The number of hydrogen-bond acceptors (Lipinski definition) is 6. The van der Waals surface area contributed by atoms with E-state index in [0.717, 1.165) is 5.69 Å². The monoisotopic (exact) mass is 291 g/mol. The molecule has 0 fully saturated rings. The maximum atomic E-state index is 11.9. The van der Waals surface area contributed by atoms with Crippen molar-refractivity contribution in [3.8, 4) is 5.75 Å². The molecule has 2 aromatic rings. The van der Waals surface area contributed by atoms with Crippen molar-refractivity contribution in [1.29, 1.82) is 0 Å². The van der Waals surface area contributed by atoms with Gasteiger partial charge in [-0.2, -0.15) is 0 Å². The van der Waals surface area contributed by atoms with Crippen LogP contribution in [-0.2, 0) is 0 Å². The van der Waals surface area contributed by atoms with Gasteiger partial charge in [-0.1, -0.05) is 6.07 Å². The molecule has 112 valence electrons. The van der Waals surface area contributed by atoms with Gasteiger partial charge in [-0.05, 0) is 25.1 Å². The lowest BCUT2D eigenvalue weighted by Crippen LogP contribution is -2.33. The van der Waals surface area contributed by atoms with Crippen LogP contribution in [-0.4, -0.2) is 35.4 Å². The summed E-state index contributed by atoms with van der Waals surface area (Å²) in [5, 5.41) is 6.06. The van der Waals surface area contributed by atoms with Crippen LogP contribution in [0.4, 0.5) is 11.5 Å². The second kappa shape index (κ2) is 6.71. The molecule has 0 saturated heterocycles. The van der Waals surface area contributed by atoms with E-state index < -0.39 is 11.2 Å². The van der Waals surface area contributed by atoms with Gasteiger partial charge in [0.05, 0.1) is 7.11 Å². The fourth-order valence-electron chi connectivity index (χ4n) is 1.91. The fraction of sp³-hybridized carbons (Fsp3) is 0.308. The summed E-state index contributed by atoms with van der Waals surface area (Å²) in [5.41, 5.74) is 5.06. The lowest BCUT2D eigenvalue weighted by Gasteiger charge is -2.22. The molecule has 21 heavy (non-hydrogen) atoms. The van der Waals surface area contributed by atoms with Crippen LogP contribution in [0.15, 0.2) is 33.9 Å². The van der Waals surface area contributed by atoms with E-state index in [0.29, 0.717) is 25.3 Å². The van der Waals surface area contributed by atoms with E-state index in [-0.39, 0.29) is 5.82 Å². The van der Waals surface area contributed by atoms with Gasteiger partial charge in [-0.15, -0.1) is 5.10 Å². The predicted molar refractivity (Wildman–Crippen MR) is 79.1 cm³/mol. The Morgan fingerprint density at radius 1 is 1.38 bits per heavy atom. The smallest absolute Gasteiger partial charge is 0.342 e. The summed E-state index contributed by atoms with van der Waals surface area (Å²) in [6.45, 7) is 0.966. The Kier molecular flexibility index (Phi) is 4.72. The van der Waals surface area contributed by atoms with Crippen molar-refractivity contribution < 1.29 is 4.74 Å². The maximum Gasteiger partial charge on any atom is 0.342 e. The van der Waals surface area contributed by atoms with Crippen molar-refractivity contribution >= 4 is 11.5 Å². The molecule has 4 N–H and O–H groups in total. The summed E-state index contributed by atoms with van der Waals surface area (Å²) in [5.74, 6) is 0.766. The summed E-state index contributed by atoms with van der Waals surface area (Å²) in [7, 11) is 1.56. The zero-order chi connectivity index (χ0) is 15.2. The first-order valence-electron chi connectivity index (χ1n) is 6.46. The van der Waals surface area contributed by atoms with Gasteiger partial charge in [-0.3, -0.25) is 9.78 Å². The lowest BCUT2D eigenvalue weighted by molar-refractivity contribution is 0.415. The maximum absolute atomic E-state index is 11.9. The van der Waals surface area contributed by atoms with Crippen molar-refractivity contribution in [2.75, 3.05) is 25.1 Å². The number of nitrogens with one attached hydrogen (secondary N) is 2. The second-order valence-electron chi connectivity index (χ2n) is 4.33. The van der Waals surface area contributed by atoms with Crippen molar-refractivity contribution in [2.45, 2.75) is 6.42 Å². The number of hydrogen-bond donors (Lipinski definition) is 3. The van der Waals surface area contributed by atoms with E-state index in [9.17, 15) is 9.59 Å². The molecule has 1 heterocycles. The number of ether oxygens (including phenoxy) is 1. The van der Waals surface area contributed by atoms with Crippen LogP contribution >= 0.6 is 0 Å². The number of H-pyrrole nitrogens is 2. The van der Waals surface area contributed by atoms with E-state index in [1.807, 2.05) is 12.1 Å². The minimum Gasteiger partial charge on any atom is -0.497 e. The number of aromatic nitrogens is 3. The van der Waals surface area contributed by atoms with Gasteiger partial charge in [0, 0.05) is 18.3 Å². The van der Waals surface area contributed by atoms with E-state index >= 15 is 0 Å². The molecule has 1 aromatic carbocycles. The van der Waals surface area contributed by atoms with Crippen molar-refractivity contribution in [3.63, 3.8) is 0 Å². The Morgan fingerprint density at radius 2 is 2.19 bits per heavy atom. The zero-order valence-electron chi connectivity index (χ0n) is 11.6. The first-order valence-corrected chi connectivity index (χ1v) is 6.46. The third-order valence-electron chi connectivity index (χ3n) is 2.90. The largest absolute Gasteiger partial charge is 0.497 e. The molecule has 8 heteroatoms. The third kappa shape index (κ3) is 3.48. The minimum absolute atomic E-state index is 0.108. The van der Waals surface area contributed by atoms with Crippen LogP contribution in [0.1, 0.15) is 6.42 Å². The predicted octanol–water partition coefficient (Wildman–Crippen LogP) is -0.0463. The minimum atomic E-state index is -0.645. The molecular weight excluding hydrogens is 274 g/mol. The summed E-state index contributed by atoms with van der Waals surface area (Å²) in [4.78, 5) is 26.9. The highest BCUT2D eigenvalue weighted by Crippen LogP contribution is 2.24. The Labute approximate surface area is 120 Å². The molecule has 0 unspecified atom stereocenters. The molecule has 0 saturated carbocycles. The highest BCUT2D eigenvalue weighted by atomic mass is 16.5. The molecule has 0 bridgehead atoms. The van der Waals surface area contributed by atoms with Crippen molar-refractivity contribution in [2.24, 2.45) is 5.73 Å². The SMILES string of the molecule is COc1cccc(N(CCCN)c2n[nH]c(=O)[nH]c2=O)c1. The average molecular weight is 291 g/mol. The average Bonchev–Trinajstić information content (AvgIpc) is 2.49. The van der Waals surface area contributed by atoms with Gasteiger partial charge in [0.1, 0.15) is 5.75 Å². The van der Waals surface area contributed by atoms with Crippen molar-refractivity contribution in [3.05, 3.63) is 45.1 Å². The molecule has 0 spiro atoms. The molecular formula is C13H17N5O3. The summed E-state index contributed by atoms with van der Waals surface area (Å²) < 4.78 is 5.18. The molecule has 0 aliphatic carbocycles. The number of nitrogens with zero attached hydrogens (tertiary/aromatic N) is 2. The molecule has 0 aliphatic heterocycles. The van der Waals surface area contributed by atoms with Gasteiger partial charge in [-0.25, -0.2) is 9.89 Å². The number of nitrogens with two attached hydrogens (primary N) is 1. The molecule has 1 aromatic heterocycles. The summed E-state index contributed by atoms with van der Waals surface area (Å²) in [6.07, 6.45) is 0.664. The van der Waals surface area contributed by atoms with Gasteiger partial charge < -0.3 is 15.4 Å². The first kappa shape index (κ1) is 14.8. The van der Waals surface area contributed by atoms with Crippen LogP contribution in [0, 0.1) is 0 Å². The lowest BCUT2D eigenvalue weighted by atomic mass is 10.2. The number of rotatable bonds is 6. The van der Waals surface area contributed by atoms with Crippen LogP contribution < -0.4 is 26.6 Å². The summed E-state index contributed by atoms with van der Waals surface area (Å²) >= 11 is 0. The topological polar surface area (TPSA) is 117 Å². The Hall–Kier alpha value is -2.61. The van der Waals surface area contributed by atoms with Crippen LogP contribution in [0.5, 0.6) is 5.75 Å². The Balaban J connectivity index is 2.46. The number of methoxy groups -OCH3 is 1. The molecule has 0 radical (unpaired) electrons. The standard InChI is InChI=1S/C13H17N5O3/c1-21-10-5-2-4-9(8-10)18(7-3-6-14)11-12(19)15-13(20)17-16-11/h2,4-5,8H,3,6-7,14H2,1H3,(H2,15,17,19,20). The molecule has 0 aliphatic rings. The van der Waals surface area contributed by atoms with E-state index in [1.165, 1.54) is 0 Å². The van der Waals surface area contributed by atoms with E-state index in [1.54, 1.807) is 24.1 Å². The van der Waals surface area contributed by atoms with Crippen LogP contribution in [0.3, 0.4) is 0 Å². The summed E-state index contributed by atoms with van der Waals surface area (Å²) in [6, 6.07) is 7.21. The van der Waals surface area contributed by atoms with Crippen molar-refractivity contribution in [1.82, 2.24) is 15.2 Å². The quantitative estimate of drug-likeness (QED) is 0.687. The van der Waals surface area contributed by atoms with Crippen LogP contribution in [0.2, 0.25) is 0 Å². The highest BCUT2D eigenvalue weighted by molar-refractivity contribution is 5.60. The normalized spacial score (nSPS) is 10.4. The van der Waals surface area contributed by atoms with E-state index in [2.05, 4.69) is 15.2 Å². The first-order chi connectivity index (χ1) is 10.2. The van der Waals surface area contributed by atoms with Gasteiger partial charge in [0.15, 0.2) is 0 Å². The Morgan fingerprint density at radius 3 is 2.86 bits per heavy atom. The second-order valence-corrected chi connectivity index (χ2v) is 4.33. The van der Waals surface area contributed by atoms with Gasteiger partial charge in [0.2, 0.25) is 5.82 Å². The fourth-order valence-corrected chi connectivity index (χ4v) is 1.91.